The predicted octanol–water partition coefficient (Wildman–Crippen LogP) is 1.47. The Labute approximate surface area is 178 Å². The fraction of sp³-hybridized carbons (Fsp3) is 0.474. The fourth-order valence-corrected chi connectivity index (χ4v) is 3.06. The van der Waals surface area contributed by atoms with E-state index >= 15 is 0 Å². The summed E-state index contributed by atoms with van der Waals surface area (Å²) in [5.41, 5.74) is 5.61. The third kappa shape index (κ3) is 6.83. The van der Waals surface area contributed by atoms with E-state index in [9.17, 15) is 30.1 Å². The topological polar surface area (TPSA) is 179 Å². The van der Waals surface area contributed by atoms with E-state index in [2.05, 4.69) is 10.3 Å². The number of aromatic nitrogens is 2. The minimum absolute atomic E-state index is 0.0914. The van der Waals surface area contributed by atoms with Crippen LogP contribution in [0.15, 0.2) is 30.7 Å². The number of imidazole rings is 1. The molecule has 0 unspecified atom stereocenters. The number of carbonyl (C=O) groups excluding carboxylic acids is 1. The van der Waals surface area contributed by atoms with Gasteiger partial charge >= 0.3 is 0 Å². The van der Waals surface area contributed by atoms with Crippen LogP contribution in [0, 0.1) is 26.1 Å². The van der Waals surface area contributed by atoms with Crippen LogP contribution in [0.2, 0.25) is 0 Å². The van der Waals surface area contributed by atoms with E-state index in [1.165, 1.54) is 23.2 Å². The Bertz CT molecular complexity index is 944. The number of hydrogen-bond acceptors (Lipinski definition) is 8. The van der Waals surface area contributed by atoms with Gasteiger partial charge in [0.2, 0.25) is 5.91 Å². The van der Waals surface area contributed by atoms with Gasteiger partial charge in [-0.1, -0.05) is 13.8 Å². The summed E-state index contributed by atoms with van der Waals surface area (Å²) >= 11 is 0. The Morgan fingerprint density at radius 2 is 2.00 bits per heavy atom. The molecule has 2 rings (SSSR count). The van der Waals surface area contributed by atoms with E-state index in [1.807, 2.05) is 13.8 Å². The van der Waals surface area contributed by atoms with Crippen molar-refractivity contribution in [3.8, 4) is 5.69 Å². The van der Waals surface area contributed by atoms with Gasteiger partial charge in [-0.25, -0.2) is 4.98 Å². The maximum Gasteiger partial charge on any atom is 0.300 e. The Balaban J connectivity index is 2.01. The third-order valence-electron chi connectivity index (χ3n) is 4.57. The van der Waals surface area contributed by atoms with Gasteiger partial charge < -0.3 is 16.2 Å². The Morgan fingerprint density at radius 1 is 1.29 bits per heavy atom. The fourth-order valence-electron chi connectivity index (χ4n) is 3.06. The summed E-state index contributed by atoms with van der Waals surface area (Å²) in [5.74, 6) is -0.0396. The van der Waals surface area contributed by atoms with Gasteiger partial charge in [0, 0.05) is 25.2 Å². The molecule has 0 aliphatic carbocycles. The molecule has 0 aliphatic heterocycles. The number of non-ortho nitro benzene ring substituents is 1. The summed E-state index contributed by atoms with van der Waals surface area (Å²) in [6, 6.07) is 2.41. The smallest absolute Gasteiger partial charge is 0.300 e. The minimum atomic E-state index is -0.891. The zero-order valence-electron chi connectivity index (χ0n) is 17.3. The number of hydrogen-bond donors (Lipinski definition) is 3. The first kappa shape index (κ1) is 23.9. The molecule has 2 aromatic rings. The van der Waals surface area contributed by atoms with Crippen LogP contribution in [0.1, 0.15) is 32.4 Å². The number of nitro benzene ring substituents is 2. The van der Waals surface area contributed by atoms with Crippen molar-refractivity contribution in [2.45, 2.75) is 45.3 Å². The van der Waals surface area contributed by atoms with Crippen molar-refractivity contribution in [2.24, 2.45) is 11.7 Å². The van der Waals surface area contributed by atoms with Crippen molar-refractivity contribution >= 4 is 17.3 Å². The van der Waals surface area contributed by atoms with Crippen molar-refractivity contribution in [1.29, 1.82) is 0 Å². The number of benzene rings is 1. The molecule has 0 fully saturated rings. The van der Waals surface area contributed by atoms with Gasteiger partial charge in [-0.15, -0.1) is 0 Å². The molecule has 0 bridgehead atoms. The van der Waals surface area contributed by atoms with Crippen LogP contribution >= 0.6 is 0 Å². The van der Waals surface area contributed by atoms with Crippen molar-refractivity contribution in [1.82, 2.24) is 14.9 Å². The highest BCUT2D eigenvalue weighted by molar-refractivity contribution is 5.81. The molecule has 1 amide bonds. The molecule has 1 aromatic carbocycles. The first-order chi connectivity index (χ1) is 14.6. The molecule has 12 heteroatoms. The second kappa shape index (κ2) is 10.6. The number of amides is 1. The van der Waals surface area contributed by atoms with Gasteiger partial charge in [-0.2, -0.15) is 0 Å². The molecule has 0 radical (unpaired) electrons. The number of carbonyl (C=O) groups is 1. The van der Waals surface area contributed by atoms with Gasteiger partial charge in [-0.3, -0.25) is 29.6 Å². The highest BCUT2D eigenvalue weighted by atomic mass is 16.6. The lowest BCUT2D eigenvalue weighted by atomic mass is 10.0. The monoisotopic (exact) mass is 434 g/mol. The summed E-state index contributed by atoms with van der Waals surface area (Å²) in [6.07, 6.45) is 3.46. The lowest BCUT2D eigenvalue weighted by Crippen LogP contribution is -2.43. The lowest BCUT2D eigenvalue weighted by molar-refractivity contribution is -0.394. The van der Waals surface area contributed by atoms with Gasteiger partial charge in [0.05, 0.1) is 40.1 Å². The molecule has 4 N–H and O–H groups in total. The van der Waals surface area contributed by atoms with Crippen molar-refractivity contribution in [3.05, 3.63) is 56.6 Å². The van der Waals surface area contributed by atoms with Crippen molar-refractivity contribution in [2.75, 3.05) is 6.54 Å². The highest BCUT2D eigenvalue weighted by Crippen LogP contribution is 2.27. The third-order valence-corrected chi connectivity index (χ3v) is 4.57. The number of nitrogens with two attached hydrogens (primary N) is 1. The summed E-state index contributed by atoms with van der Waals surface area (Å²) in [6.45, 7) is 4.30. The zero-order valence-corrected chi connectivity index (χ0v) is 17.3. The number of nitro groups is 2. The molecule has 0 spiro atoms. The Kier molecular flexibility index (Phi) is 8.16. The standard InChI is InChI=1S/C19H26N6O6/c1-12(2)7-15(26)5-6-21-19(27)16(20)8-13-10-23(11-22-13)17-4-3-14(24(28)29)9-18(17)25(30)31/h3-4,9-12,15-16,26H,5-8,20H2,1-2H3,(H,21,27)/t15-,16-/m0/s1. The van der Waals surface area contributed by atoms with E-state index in [0.717, 1.165) is 12.1 Å². The number of rotatable bonds is 11. The van der Waals surface area contributed by atoms with E-state index in [0.29, 0.717) is 31.0 Å². The summed E-state index contributed by atoms with van der Waals surface area (Å²) in [5, 5.41) is 34.7. The van der Waals surface area contributed by atoms with Crippen LogP contribution in [0.4, 0.5) is 11.4 Å². The quantitative estimate of drug-likeness (QED) is 0.351. The molecular formula is C19H26N6O6. The Morgan fingerprint density at radius 3 is 2.61 bits per heavy atom. The molecule has 0 saturated carbocycles. The van der Waals surface area contributed by atoms with Crippen molar-refractivity contribution in [3.63, 3.8) is 0 Å². The lowest BCUT2D eigenvalue weighted by Gasteiger charge is -2.15. The highest BCUT2D eigenvalue weighted by Gasteiger charge is 2.22. The molecule has 0 aliphatic rings. The molecule has 31 heavy (non-hydrogen) atoms. The van der Waals surface area contributed by atoms with Gasteiger partial charge in [-0.05, 0) is 24.8 Å². The van der Waals surface area contributed by atoms with Crippen LogP contribution in [-0.2, 0) is 11.2 Å². The Hall–Kier alpha value is -3.38. The largest absolute Gasteiger partial charge is 0.393 e. The minimum Gasteiger partial charge on any atom is -0.393 e. The molecule has 168 valence electrons. The molecule has 12 nitrogen and oxygen atoms in total. The number of aliphatic hydroxyl groups excluding tert-OH is 1. The maximum atomic E-state index is 12.2. The van der Waals surface area contributed by atoms with Crippen molar-refractivity contribution < 1.29 is 19.7 Å². The summed E-state index contributed by atoms with van der Waals surface area (Å²) in [4.78, 5) is 37.0. The van der Waals surface area contributed by atoms with Gasteiger partial charge in [0.15, 0.2) is 0 Å². The maximum absolute atomic E-state index is 12.2. The zero-order chi connectivity index (χ0) is 23.1. The van der Waals surface area contributed by atoms with Crippen LogP contribution in [-0.4, -0.2) is 49.1 Å². The molecule has 0 saturated heterocycles. The number of aliphatic hydroxyl groups is 1. The molecular weight excluding hydrogens is 408 g/mol. The van der Waals surface area contributed by atoms with Crippen LogP contribution in [0.25, 0.3) is 5.69 Å². The van der Waals surface area contributed by atoms with Gasteiger partial charge in [0.25, 0.3) is 11.4 Å². The predicted molar refractivity (Wildman–Crippen MR) is 112 cm³/mol. The van der Waals surface area contributed by atoms with E-state index < -0.39 is 39.3 Å². The first-order valence-electron chi connectivity index (χ1n) is 9.76. The number of nitrogens with one attached hydrogen (secondary N) is 1. The average Bonchev–Trinajstić information content (AvgIpc) is 3.14. The SMILES string of the molecule is CC(C)C[C@@H](O)CCNC(=O)[C@@H](N)Cc1cn(-c2ccc([N+](=O)[O-])cc2[N+](=O)[O-])cn1. The van der Waals surface area contributed by atoms with E-state index in [4.69, 9.17) is 5.73 Å². The van der Waals surface area contributed by atoms with E-state index in [-0.39, 0.29) is 12.1 Å². The average molecular weight is 434 g/mol. The van der Waals surface area contributed by atoms with Crippen LogP contribution in [0.5, 0.6) is 0 Å². The van der Waals surface area contributed by atoms with Crippen LogP contribution in [0.3, 0.4) is 0 Å². The summed E-state index contributed by atoms with van der Waals surface area (Å²) in [7, 11) is 0. The van der Waals surface area contributed by atoms with Gasteiger partial charge in [0.1, 0.15) is 5.69 Å². The first-order valence-corrected chi connectivity index (χ1v) is 9.76. The molecule has 2 atom stereocenters. The molecule has 1 aromatic heterocycles. The normalized spacial score (nSPS) is 13.1. The second-order valence-corrected chi connectivity index (χ2v) is 7.63. The van der Waals surface area contributed by atoms with Crippen LogP contribution < -0.4 is 11.1 Å². The summed E-state index contributed by atoms with van der Waals surface area (Å²) < 4.78 is 1.35. The second-order valence-electron chi connectivity index (χ2n) is 7.63. The molecule has 1 heterocycles. The van der Waals surface area contributed by atoms with E-state index in [1.54, 1.807) is 0 Å². The number of nitrogens with zero attached hydrogens (tertiary/aromatic N) is 4.